The van der Waals surface area contributed by atoms with Gasteiger partial charge in [-0.25, -0.2) is 4.79 Å². The molecule has 0 saturated carbocycles. The molecular formula is C25H32N4O4. The number of benzene rings is 2. The zero-order chi connectivity index (χ0) is 23.4. The molecule has 33 heavy (non-hydrogen) atoms. The summed E-state index contributed by atoms with van der Waals surface area (Å²) < 4.78 is 5.41. The Kier molecular flexibility index (Phi) is 7.03. The number of rotatable bonds is 7. The van der Waals surface area contributed by atoms with Crippen LogP contribution in [0.4, 0.5) is 21.9 Å². The van der Waals surface area contributed by atoms with Gasteiger partial charge in [-0.3, -0.25) is 20.0 Å². The van der Waals surface area contributed by atoms with Crippen LogP contribution in [0.3, 0.4) is 0 Å². The highest BCUT2D eigenvalue weighted by Crippen LogP contribution is 2.34. The van der Waals surface area contributed by atoms with Crippen LogP contribution in [0.2, 0.25) is 0 Å². The summed E-state index contributed by atoms with van der Waals surface area (Å²) in [7, 11) is 1.56. The molecule has 2 amide bonds. The highest BCUT2D eigenvalue weighted by Gasteiger charge is 2.34. The first kappa shape index (κ1) is 22.9. The molecule has 2 N–H and O–H groups in total. The first-order valence-corrected chi connectivity index (χ1v) is 11.5. The largest absolute Gasteiger partial charge is 0.444 e. The minimum atomic E-state index is -0.273. The molecule has 176 valence electrons. The number of cyclic esters (lactones) is 1. The highest BCUT2D eigenvalue weighted by molar-refractivity contribution is 5.96. The van der Waals surface area contributed by atoms with Crippen molar-refractivity contribution in [3.05, 3.63) is 53.6 Å². The molecule has 1 saturated heterocycles. The van der Waals surface area contributed by atoms with Crippen molar-refractivity contribution in [1.82, 2.24) is 5.32 Å². The van der Waals surface area contributed by atoms with Crippen LogP contribution >= 0.6 is 0 Å². The topological polar surface area (TPSA) is 83.1 Å². The number of anilines is 3. The van der Waals surface area contributed by atoms with Crippen LogP contribution in [-0.4, -0.2) is 44.3 Å². The van der Waals surface area contributed by atoms with Crippen LogP contribution in [0.25, 0.3) is 0 Å². The van der Waals surface area contributed by atoms with Crippen LogP contribution in [0, 0.1) is 0 Å². The van der Waals surface area contributed by atoms with Crippen molar-refractivity contribution in [3.8, 4) is 0 Å². The molecule has 2 aliphatic heterocycles. The van der Waals surface area contributed by atoms with Crippen LogP contribution in [0.5, 0.6) is 0 Å². The second-order valence-electron chi connectivity index (χ2n) is 8.59. The van der Waals surface area contributed by atoms with Crippen LogP contribution < -0.4 is 20.6 Å². The number of hydrogen-bond donors (Lipinski definition) is 2. The van der Waals surface area contributed by atoms with E-state index in [1.807, 2.05) is 61.2 Å². The molecule has 0 spiro atoms. The van der Waals surface area contributed by atoms with E-state index >= 15 is 0 Å². The van der Waals surface area contributed by atoms with Gasteiger partial charge in [-0.15, -0.1) is 0 Å². The van der Waals surface area contributed by atoms with Crippen molar-refractivity contribution in [2.75, 3.05) is 35.5 Å². The molecule has 0 aromatic heterocycles. The number of fused-ring (bicyclic) bond motifs is 1. The molecule has 1 atom stereocenters. The summed E-state index contributed by atoms with van der Waals surface area (Å²) in [6.45, 7) is 5.90. The molecule has 0 bridgehead atoms. The molecule has 0 radical (unpaired) electrons. The number of ether oxygens (including phenoxy) is 1. The number of nitrogens with zero attached hydrogens (tertiary/aromatic N) is 2. The molecule has 2 heterocycles. The fraction of sp³-hybridized carbons (Fsp3) is 0.440. The summed E-state index contributed by atoms with van der Waals surface area (Å²) in [5, 5.41) is 3.00. The maximum atomic E-state index is 12.6. The zero-order valence-corrected chi connectivity index (χ0v) is 19.5. The van der Waals surface area contributed by atoms with Crippen LogP contribution in [0.1, 0.15) is 49.0 Å². The minimum absolute atomic E-state index is 0.0783. The zero-order valence-electron chi connectivity index (χ0n) is 19.5. The van der Waals surface area contributed by atoms with E-state index in [1.165, 1.54) is 0 Å². The summed E-state index contributed by atoms with van der Waals surface area (Å²) in [5.74, 6) is -0.101. The molecule has 8 nitrogen and oxygen atoms in total. The summed E-state index contributed by atoms with van der Waals surface area (Å²) >= 11 is 0. The third-order valence-electron chi connectivity index (χ3n) is 6.43. The van der Waals surface area contributed by atoms with Crippen molar-refractivity contribution in [3.63, 3.8) is 0 Å². The second kappa shape index (κ2) is 10.1. The summed E-state index contributed by atoms with van der Waals surface area (Å²) in [6.07, 6.45) is 2.22. The number of hydrogen-bond acceptors (Lipinski definition) is 6. The predicted octanol–water partition coefficient (Wildman–Crippen LogP) is 4.31. The molecule has 2 aromatic rings. The van der Waals surface area contributed by atoms with Crippen molar-refractivity contribution in [2.45, 2.75) is 51.8 Å². The Bertz CT molecular complexity index is 1000. The van der Waals surface area contributed by atoms with Crippen LogP contribution in [0.15, 0.2) is 42.5 Å². The smallest absolute Gasteiger partial charge is 0.414 e. The van der Waals surface area contributed by atoms with Gasteiger partial charge in [0.1, 0.15) is 6.61 Å². The Balaban J connectivity index is 1.48. The Morgan fingerprint density at radius 3 is 2.67 bits per heavy atom. The number of nitrogens with one attached hydrogen (secondary N) is 2. The quantitative estimate of drug-likeness (QED) is 0.609. The Morgan fingerprint density at radius 2 is 1.94 bits per heavy atom. The van der Waals surface area contributed by atoms with E-state index in [4.69, 9.17) is 9.57 Å². The van der Waals surface area contributed by atoms with Gasteiger partial charge in [-0.2, -0.15) is 0 Å². The molecule has 1 fully saturated rings. The monoisotopic (exact) mass is 452 g/mol. The van der Waals surface area contributed by atoms with E-state index in [2.05, 4.69) is 15.7 Å². The number of amides is 2. The highest BCUT2D eigenvalue weighted by atomic mass is 16.6. The Hall–Kier alpha value is -3.26. The SMILES string of the molecule is CCC(C)NC(=O)c1ccc(N2CCC(N3C(=O)OCc4ccccc43)CC2)c(NOC)c1. The first-order chi connectivity index (χ1) is 16.0. The lowest BCUT2D eigenvalue weighted by Crippen LogP contribution is -2.49. The van der Waals surface area contributed by atoms with Crippen molar-refractivity contribution in [2.24, 2.45) is 0 Å². The lowest BCUT2D eigenvalue weighted by molar-refractivity contribution is 0.0939. The number of para-hydroxylation sites is 1. The van der Waals surface area contributed by atoms with Gasteiger partial charge < -0.3 is 15.0 Å². The van der Waals surface area contributed by atoms with E-state index in [9.17, 15) is 9.59 Å². The number of carbonyl (C=O) groups is 2. The molecule has 8 heteroatoms. The molecule has 2 aliphatic rings. The van der Waals surface area contributed by atoms with Crippen molar-refractivity contribution >= 4 is 29.1 Å². The predicted molar refractivity (Wildman–Crippen MR) is 129 cm³/mol. The summed E-state index contributed by atoms with van der Waals surface area (Å²) in [4.78, 5) is 34.4. The second-order valence-corrected chi connectivity index (χ2v) is 8.59. The average molecular weight is 453 g/mol. The van der Waals surface area contributed by atoms with Gasteiger partial charge in [-0.05, 0) is 50.5 Å². The van der Waals surface area contributed by atoms with E-state index in [1.54, 1.807) is 7.11 Å². The average Bonchev–Trinajstić information content (AvgIpc) is 2.84. The van der Waals surface area contributed by atoms with Gasteiger partial charge >= 0.3 is 6.09 Å². The fourth-order valence-corrected chi connectivity index (χ4v) is 4.44. The van der Waals surface area contributed by atoms with E-state index < -0.39 is 0 Å². The van der Waals surface area contributed by atoms with E-state index in [0.717, 1.165) is 55.0 Å². The van der Waals surface area contributed by atoms with Gasteiger partial charge in [0.25, 0.3) is 5.91 Å². The van der Waals surface area contributed by atoms with Gasteiger partial charge in [0, 0.05) is 36.3 Å². The molecule has 1 unspecified atom stereocenters. The van der Waals surface area contributed by atoms with Gasteiger partial charge in [0.15, 0.2) is 0 Å². The molecule has 0 aliphatic carbocycles. The number of piperidine rings is 1. The first-order valence-electron chi connectivity index (χ1n) is 11.5. The summed E-state index contributed by atoms with van der Waals surface area (Å²) in [5.41, 5.74) is 7.21. The third kappa shape index (κ3) is 4.90. The normalized spacial score (nSPS) is 17.2. The Labute approximate surface area is 194 Å². The van der Waals surface area contributed by atoms with Gasteiger partial charge in [0.05, 0.1) is 24.2 Å². The lowest BCUT2D eigenvalue weighted by atomic mass is 9.99. The maximum Gasteiger partial charge on any atom is 0.414 e. The van der Waals surface area contributed by atoms with E-state index in [0.29, 0.717) is 12.2 Å². The van der Waals surface area contributed by atoms with Gasteiger partial charge in [-0.1, -0.05) is 25.1 Å². The molecule has 2 aromatic carbocycles. The Morgan fingerprint density at radius 1 is 1.18 bits per heavy atom. The van der Waals surface area contributed by atoms with E-state index in [-0.39, 0.29) is 24.1 Å². The summed E-state index contributed by atoms with van der Waals surface area (Å²) in [6, 6.07) is 13.7. The minimum Gasteiger partial charge on any atom is -0.444 e. The number of carbonyl (C=O) groups excluding carboxylic acids is 2. The third-order valence-corrected chi connectivity index (χ3v) is 6.43. The lowest BCUT2D eigenvalue weighted by Gasteiger charge is -2.41. The van der Waals surface area contributed by atoms with Crippen molar-refractivity contribution in [1.29, 1.82) is 0 Å². The van der Waals surface area contributed by atoms with Gasteiger partial charge in [0.2, 0.25) is 0 Å². The molecule has 4 rings (SSSR count). The van der Waals surface area contributed by atoms with Crippen molar-refractivity contribution < 1.29 is 19.2 Å². The fourth-order valence-electron chi connectivity index (χ4n) is 4.44. The maximum absolute atomic E-state index is 12.6. The standard InChI is InChI=1S/C25H32N4O4/c1-4-17(2)26-24(30)18-9-10-23(21(15-18)27-32-3)28-13-11-20(12-14-28)29-22-8-6-5-7-19(22)16-33-25(29)31/h5-10,15,17,20,27H,4,11-14,16H2,1-3H3,(H,26,30). The molecular weight excluding hydrogens is 420 g/mol. The van der Waals surface area contributed by atoms with Crippen LogP contribution in [-0.2, 0) is 16.2 Å².